The Morgan fingerprint density at radius 3 is 2.88 bits per heavy atom. The van der Waals surface area contributed by atoms with Gasteiger partial charge in [0, 0.05) is 30.6 Å². The Kier molecular flexibility index (Phi) is 4.64. The van der Waals surface area contributed by atoms with E-state index < -0.39 is 0 Å². The number of nitrogen functional groups attached to an aromatic ring is 1. The lowest BCUT2D eigenvalue weighted by Crippen LogP contribution is -2.39. The molecular formula is C18H22N4O2. The third-order valence-corrected chi connectivity index (χ3v) is 4.49. The number of aryl methyl sites for hydroxylation is 1. The first kappa shape index (κ1) is 16.2. The maximum atomic E-state index is 12.9. The third kappa shape index (κ3) is 3.32. The summed E-state index contributed by atoms with van der Waals surface area (Å²) in [5, 5.41) is 0. The molecule has 1 aliphatic rings. The molecule has 0 unspecified atom stereocenters. The van der Waals surface area contributed by atoms with Crippen LogP contribution in [0.2, 0.25) is 0 Å². The molecule has 0 aliphatic carbocycles. The van der Waals surface area contributed by atoms with E-state index in [0.29, 0.717) is 12.4 Å². The quantitative estimate of drug-likeness (QED) is 0.869. The first-order chi connectivity index (χ1) is 11.6. The van der Waals surface area contributed by atoms with E-state index in [1.165, 1.54) is 6.33 Å². The zero-order valence-electron chi connectivity index (χ0n) is 14.0. The molecule has 6 nitrogen and oxygen atoms in total. The van der Waals surface area contributed by atoms with Crippen LogP contribution < -0.4 is 15.4 Å². The molecule has 3 rings (SSSR count). The highest BCUT2D eigenvalue weighted by Crippen LogP contribution is 2.27. The van der Waals surface area contributed by atoms with Crippen molar-refractivity contribution in [2.45, 2.75) is 19.8 Å². The zero-order valence-corrected chi connectivity index (χ0v) is 14.0. The predicted molar refractivity (Wildman–Crippen MR) is 93.4 cm³/mol. The number of Topliss-reactive ketones (excluding diaryl/α,β-unsaturated/α-hetero) is 1. The first-order valence-electron chi connectivity index (χ1n) is 8.10. The van der Waals surface area contributed by atoms with Crippen molar-refractivity contribution in [1.29, 1.82) is 0 Å². The van der Waals surface area contributed by atoms with Crippen LogP contribution in [-0.2, 0) is 0 Å². The number of hydrogen-bond donors (Lipinski definition) is 1. The van der Waals surface area contributed by atoms with E-state index in [1.54, 1.807) is 13.2 Å². The van der Waals surface area contributed by atoms with Gasteiger partial charge in [-0.3, -0.25) is 4.79 Å². The number of aromatic nitrogens is 2. The minimum Gasteiger partial charge on any atom is -0.497 e. The van der Waals surface area contributed by atoms with Crippen LogP contribution in [0.3, 0.4) is 0 Å². The van der Waals surface area contributed by atoms with Gasteiger partial charge >= 0.3 is 0 Å². The van der Waals surface area contributed by atoms with Gasteiger partial charge in [-0.25, -0.2) is 9.97 Å². The number of ketones is 1. The number of methoxy groups -OCH3 is 1. The molecule has 1 atom stereocenters. The van der Waals surface area contributed by atoms with Gasteiger partial charge in [-0.1, -0.05) is 0 Å². The lowest BCUT2D eigenvalue weighted by molar-refractivity contribution is 0.0906. The summed E-state index contributed by atoms with van der Waals surface area (Å²) in [6.45, 7) is 3.48. The monoisotopic (exact) mass is 326 g/mol. The number of rotatable bonds is 4. The molecule has 2 heterocycles. The van der Waals surface area contributed by atoms with Gasteiger partial charge in [-0.15, -0.1) is 0 Å². The molecule has 1 saturated heterocycles. The molecule has 24 heavy (non-hydrogen) atoms. The molecule has 1 aromatic carbocycles. The molecule has 1 aromatic heterocycles. The molecule has 6 heteroatoms. The summed E-state index contributed by atoms with van der Waals surface area (Å²) in [5.41, 5.74) is 7.46. The average molecular weight is 326 g/mol. The second kappa shape index (κ2) is 6.86. The van der Waals surface area contributed by atoms with Crippen LogP contribution in [0.4, 0.5) is 11.6 Å². The number of benzene rings is 1. The van der Waals surface area contributed by atoms with Crippen LogP contribution in [0, 0.1) is 12.8 Å². The standard InChI is InChI=1S/C18H22N4O2/c1-12-8-14(24-2)5-6-15(12)18(23)13-4-3-7-22(10-13)17-9-16(19)20-11-21-17/h5-6,8-9,11,13H,3-4,7,10H2,1-2H3,(H2,19,20,21)/t13-/m0/s1. The fourth-order valence-corrected chi connectivity index (χ4v) is 3.19. The van der Waals surface area contributed by atoms with Crippen molar-refractivity contribution < 1.29 is 9.53 Å². The summed E-state index contributed by atoms with van der Waals surface area (Å²) < 4.78 is 5.22. The minimum atomic E-state index is -0.0398. The average Bonchev–Trinajstić information content (AvgIpc) is 2.61. The number of anilines is 2. The Labute approximate surface area is 141 Å². The molecule has 2 N–H and O–H groups in total. The lowest BCUT2D eigenvalue weighted by atomic mass is 9.88. The van der Waals surface area contributed by atoms with Crippen LogP contribution >= 0.6 is 0 Å². The van der Waals surface area contributed by atoms with E-state index in [0.717, 1.165) is 42.1 Å². The fourth-order valence-electron chi connectivity index (χ4n) is 3.19. The van der Waals surface area contributed by atoms with Crippen molar-refractivity contribution in [3.8, 4) is 5.75 Å². The molecule has 0 radical (unpaired) electrons. The molecule has 2 aromatic rings. The molecule has 1 fully saturated rings. The Balaban J connectivity index is 1.78. The maximum absolute atomic E-state index is 12.9. The molecule has 0 saturated carbocycles. The van der Waals surface area contributed by atoms with Gasteiger partial charge in [0.05, 0.1) is 7.11 Å². The van der Waals surface area contributed by atoms with Gasteiger partial charge in [0.1, 0.15) is 23.7 Å². The predicted octanol–water partition coefficient (Wildman–Crippen LogP) is 2.48. The summed E-state index contributed by atoms with van der Waals surface area (Å²) in [6, 6.07) is 7.36. The SMILES string of the molecule is COc1ccc(C(=O)[C@H]2CCCN(c3cc(N)ncn3)C2)c(C)c1. The minimum absolute atomic E-state index is 0.0398. The number of ether oxygens (including phenoxy) is 1. The Bertz CT molecular complexity index is 748. The summed E-state index contributed by atoms with van der Waals surface area (Å²) in [5.74, 6) is 2.14. The number of piperidine rings is 1. The van der Waals surface area contributed by atoms with Gasteiger partial charge in [0.25, 0.3) is 0 Å². The van der Waals surface area contributed by atoms with E-state index in [9.17, 15) is 4.79 Å². The first-order valence-corrected chi connectivity index (χ1v) is 8.10. The lowest BCUT2D eigenvalue weighted by Gasteiger charge is -2.33. The second-order valence-corrected chi connectivity index (χ2v) is 6.13. The van der Waals surface area contributed by atoms with Crippen molar-refractivity contribution in [2.24, 2.45) is 5.92 Å². The van der Waals surface area contributed by atoms with Crippen LogP contribution in [0.5, 0.6) is 5.75 Å². The fraction of sp³-hybridized carbons (Fsp3) is 0.389. The Hall–Kier alpha value is -2.63. The van der Waals surface area contributed by atoms with Crippen molar-refractivity contribution in [3.63, 3.8) is 0 Å². The van der Waals surface area contributed by atoms with E-state index >= 15 is 0 Å². The van der Waals surface area contributed by atoms with Gasteiger partial charge in [-0.05, 0) is 43.5 Å². The number of hydrogen-bond acceptors (Lipinski definition) is 6. The van der Waals surface area contributed by atoms with Gasteiger partial charge < -0.3 is 15.4 Å². The van der Waals surface area contributed by atoms with Crippen LogP contribution in [-0.4, -0.2) is 36.0 Å². The third-order valence-electron chi connectivity index (χ3n) is 4.49. The van der Waals surface area contributed by atoms with Crippen LogP contribution in [0.25, 0.3) is 0 Å². The Morgan fingerprint density at radius 2 is 2.17 bits per heavy atom. The molecule has 1 aliphatic heterocycles. The highest BCUT2D eigenvalue weighted by atomic mass is 16.5. The van der Waals surface area contributed by atoms with Crippen molar-refractivity contribution >= 4 is 17.4 Å². The van der Waals surface area contributed by atoms with Crippen molar-refractivity contribution in [3.05, 3.63) is 41.7 Å². The summed E-state index contributed by atoms with van der Waals surface area (Å²) in [6.07, 6.45) is 3.31. The van der Waals surface area contributed by atoms with E-state index in [1.807, 2.05) is 25.1 Å². The summed E-state index contributed by atoms with van der Waals surface area (Å²) in [7, 11) is 1.63. The largest absolute Gasteiger partial charge is 0.497 e. The molecule has 0 amide bonds. The molecule has 0 spiro atoms. The Morgan fingerprint density at radius 1 is 1.33 bits per heavy atom. The maximum Gasteiger partial charge on any atom is 0.167 e. The number of nitrogens with zero attached hydrogens (tertiary/aromatic N) is 3. The van der Waals surface area contributed by atoms with E-state index in [-0.39, 0.29) is 11.7 Å². The molecule has 126 valence electrons. The van der Waals surface area contributed by atoms with E-state index in [4.69, 9.17) is 10.5 Å². The highest BCUT2D eigenvalue weighted by Gasteiger charge is 2.28. The molecular weight excluding hydrogens is 304 g/mol. The summed E-state index contributed by atoms with van der Waals surface area (Å²) >= 11 is 0. The van der Waals surface area contributed by atoms with Crippen LogP contribution in [0.1, 0.15) is 28.8 Å². The number of carbonyl (C=O) groups excluding carboxylic acids is 1. The van der Waals surface area contributed by atoms with E-state index in [2.05, 4.69) is 14.9 Å². The topological polar surface area (TPSA) is 81.3 Å². The summed E-state index contributed by atoms with van der Waals surface area (Å²) in [4.78, 5) is 23.3. The highest BCUT2D eigenvalue weighted by molar-refractivity contribution is 5.99. The van der Waals surface area contributed by atoms with Crippen molar-refractivity contribution in [2.75, 3.05) is 30.8 Å². The normalized spacial score (nSPS) is 17.6. The zero-order chi connectivity index (χ0) is 17.1. The smallest absolute Gasteiger partial charge is 0.167 e. The van der Waals surface area contributed by atoms with Gasteiger partial charge in [-0.2, -0.15) is 0 Å². The van der Waals surface area contributed by atoms with Crippen LogP contribution in [0.15, 0.2) is 30.6 Å². The van der Waals surface area contributed by atoms with Gasteiger partial charge in [0.15, 0.2) is 5.78 Å². The number of carbonyl (C=O) groups is 1. The number of nitrogens with two attached hydrogens (primary N) is 1. The second-order valence-electron chi connectivity index (χ2n) is 6.13. The molecule has 0 bridgehead atoms. The van der Waals surface area contributed by atoms with Gasteiger partial charge in [0.2, 0.25) is 0 Å². The van der Waals surface area contributed by atoms with Crippen molar-refractivity contribution in [1.82, 2.24) is 9.97 Å².